The average molecular weight is 320 g/mol. The smallest absolute Gasteiger partial charge is 0.196 e. The Bertz CT molecular complexity index is 263. The van der Waals surface area contributed by atoms with Crippen LogP contribution >= 0.6 is 0 Å². The van der Waals surface area contributed by atoms with Crippen molar-refractivity contribution in [3.63, 3.8) is 0 Å². The van der Waals surface area contributed by atoms with Crippen molar-refractivity contribution in [2.24, 2.45) is 0 Å². The van der Waals surface area contributed by atoms with Crippen LogP contribution in [-0.4, -0.2) is 92.0 Å². The standard InChI is InChI=1S/C16H36N2O4/c1-6-15(20)16(9-12-19,21-13-10-17(4)5)22-14-11-18(7-2)8-3/h15,19-20H,6-14H2,1-5H3. The Morgan fingerprint density at radius 2 is 1.55 bits per heavy atom. The highest BCUT2D eigenvalue weighted by molar-refractivity contribution is 4.79. The highest BCUT2D eigenvalue weighted by Gasteiger charge is 2.39. The van der Waals surface area contributed by atoms with Gasteiger partial charge in [0.05, 0.1) is 13.2 Å². The van der Waals surface area contributed by atoms with Gasteiger partial charge >= 0.3 is 0 Å². The molecule has 6 heteroatoms. The monoisotopic (exact) mass is 320 g/mol. The van der Waals surface area contributed by atoms with E-state index in [9.17, 15) is 10.2 Å². The van der Waals surface area contributed by atoms with E-state index in [0.29, 0.717) is 19.6 Å². The van der Waals surface area contributed by atoms with E-state index >= 15 is 0 Å². The molecule has 0 rings (SSSR count). The van der Waals surface area contributed by atoms with Crippen molar-refractivity contribution in [3.05, 3.63) is 0 Å². The maximum atomic E-state index is 10.4. The Labute approximate surface area is 136 Å². The summed E-state index contributed by atoms with van der Waals surface area (Å²) in [5.41, 5.74) is 0. The first-order valence-corrected chi connectivity index (χ1v) is 8.39. The molecule has 2 atom stereocenters. The van der Waals surface area contributed by atoms with E-state index in [-0.39, 0.29) is 13.0 Å². The van der Waals surface area contributed by atoms with Crippen molar-refractivity contribution in [2.45, 2.75) is 45.5 Å². The summed E-state index contributed by atoms with van der Waals surface area (Å²) in [6.45, 7) is 10.4. The van der Waals surface area contributed by atoms with E-state index in [1.165, 1.54) is 0 Å². The molecule has 0 aliphatic carbocycles. The third-order valence-corrected chi connectivity index (χ3v) is 3.89. The summed E-state index contributed by atoms with van der Waals surface area (Å²) in [5.74, 6) is -1.12. The number of rotatable bonds is 14. The van der Waals surface area contributed by atoms with Crippen LogP contribution in [0.5, 0.6) is 0 Å². The van der Waals surface area contributed by atoms with Crippen LogP contribution in [-0.2, 0) is 9.47 Å². The fourth-order valence-corrected chi connectivity index (χ4v) is 2.30. The fraction of sp³-hybridized carbons (Fsp3) is 1.00. The molecular formula is C16H36N2O4. The van der Waals surface area contributed by atoms with Gasteiger partial charge in [-0.3, -0.25) is 0 Å². The Morgan fingerprint density at radius 1 is 1.00 bits per heavy atom. The Hall–Kier alpha value is -0.240. The average Bonchev–Trinajstić information content (AvgIpc) is 2.50. The van der Waals surface area contributed by atoms with Gasteiger partial charge in [-0.15, -0.1) is 0 Å². The number of likely N-dealkylation sites (N-methyl/N-ethyl adjacent to an activating group) is 2. The second-order valence-corrected chi connectivity index (χ2v) is 5.74. The van der Waals surface area contributed by atoms with E-state index in [1.54, 1.807) is 0 Å². The zero-order chi connectivity index (χ0) is 17.0. The molecule has 0 aromatic heterocycles. The summed E-state index contributed by atoms with van der Waals surface area (Å²) < 4.78 is 11.8. The second-order valence-electron chi connectivity index (χ2n) is 5.74. The SMILES string of the molecule is CCC(O)C(CCO)(OCCN(C)C)OCCN(CC)CC. The second kappa shape index (κ2) is 12.2. The largest absolute Gasteiger partial charge is 0.396 e. The van der Waals surface area contributed by atoms with Crippen LogP contribution in [0.1, 0.15) is 33.6 Å². The predicted molar refractivity (Wildman–Crippen MR) is 89.0 cm³/mol. The maximum Gasteiger partial charge on any atom is 0.196 e. The lowest BCUT2D eigenvalue weighted by molar-refractivity contribution is -0.290. The Balaban J connectivity index is 4.71. The molecule has 0 saturated carbocycles. The van der Waals surface area contributed by atoms with Gasteiger partial charge in [-0.05, 0) is 33.6 Å². The van der Waals surface area contributed by atoms with Crippen LogP contribution < -0.4 is 0 Å². The Morgan fingerprint density at radius 3 is 1.95 bits per heavy atom. The topological polar surface area (TPSA) is 65.4 Å². The molecule has 6 nitrogen and oxygen atoms in total. The van der Waals surface area contributed by atoms with Gasteiger partial charge in [-0.25, -0.2) is 0 Å². The van der Waals surface area contributed by atoms with Gasteiger partial charge in [0.2, 0.25) is 0 Å². The van der Waals surface area contributed by atoms with E-state index in [1.807, 2.05) is 25.9 Å². The number of hydrogen-bond acceptors (Lipinski definition) is 6. The quantitative estimate of drug-likeness (QED) is 0.461. The number of nitrogens with zero attached hydrogens (tertiary/aromatic N) is 2. The fourth-order valence-electron chi connectivity index (χ4n) is 2.30. The summed E-state index contributed by atoms with van der Waals surface area (Å²) in [4.78, 5) is 4.26. The summed E-state index contributed by atoms with van der Waals surface area (Å²) in [7, 11) is 3.93. The molecule has 0 amide bonds. The first-order chi connectivity index (χ1) is 10.5. The highest BCUT2D eigenvalue weighted by atomic mass is 16.7. The van der Waals surface area contributed by atoms with E-state index in [4.69, 9.17) is 9.47 Å². The van der Waals surface area contributed by atoms with Gasteiger partial charge in [-0.2, -0.15) is 0 Å². The third-order valence-electron chi connectivity index (χ3n) is 3.89. The van der Waals surface area contributed by atoms with Gasteiger partial charge < -0.3 is 29.5 Å². The molecule has 22 heavy (non-hydrogen) atoms. The molecule has 0 bridgehead atoms. The molecular weight excluding hydrogens is 284 g/mol. The summed E-state index contributed by atoms with van der Waals surface area (Å²) in [5, 5.41) is 19.7. The molecule has 0 aromatic rings. The van der Waals surface area contributed by atoms with Crippen LogP contribution in [0.25, 0.3) is 0 Å². The lowest BCUT2D eigenvalue weighted by atomic mass is 10.0. The first kappa shape index (κ1) is 21.8. The van der Waals surface area contributed by atoms with E-state index in [2.05, 4.69) is 18.7 Å². The minimum atomic E-state index is -1.12. The lowest BCUT2D eigenvalue weighted by Gasteiger charge is -2.38. The van der Waals surface area contributed by atoms with Crippen LogP contribution in [0.2, 0.25) is 0 Å². The molecule has 0 spiro atoms. The molecule has 0 radical (unpaired) electrons. The van der Waals surface area contributed by atoms with E-state index < -0.39 is 11.9 Å². The number of hydrogen-bond donors (Lipinski definition) is 2. The lowest BCUT2D eigenvalue weighted by Crippen LogP contribution is -2.50. The molecule has 0 saturated heterocycles. The molecule has 2 N–H and O–H groups in total. The summed E-state index contributed by atoms with van der Waals surface area (Å²) >= 11 is 0. The number of aliphatic hydroxyl groups is 2. The molecule has 134 valence electrons. The normalized spacial score (nSPS) is 16.2. The van der Waals surface area contributed by atoms with Crippen molar-refractivity contribution in [2.75, 3.05) is 60.1 Å². The van der Waals surface area contributed by atoms with Crippen molar-refractivity contribution >= 4 is 0 Å². The van der Waals surface area contributed by atoms with Crippen LogP contribution in [0, 0.1) is 0 Å². The van der Waals surface area contributed by atoms with Crippen LogP contribution in [0.15, 0.2) is 0 Å². The van der Waals surface area contributed by atoms with Crippen molar-refractivity contribution in [3.8, 4) is 0 Å². The van der Waals surface area contributed by atoms with Gasteiger partial charge in [-0.1, -0.05) is 20.8 Å². The van der Waals surface area contributed by atoms with Crippen molar-refractivity contribution in [1.29, 1.82) is 0 Å². The first-order valence-electron chi connectivity index (χ1n) is 8.39. The van der Waals surface area contributed by atoms with E-state index in [0.717, 1.165) is 26.2 Å². The van der Waals surface area contributed by atoms with Gasteiger partial charge in [0.25, 0.3) is 0 Å². The molecule has 0 aliphatic rings. The van der Waals surface area contributed by atoms with Gasteiger partial charge in [0.15, 0.2) is 5.79 Å². The maximum absolute atomic E-state index is 10.4. The van der Waals surface area contributed by atoms with Gasteiger partial charge in [0, 0.05) is 26.1 Å². The predicted octanol–water partition coefficient (Wildman–Crippen LogP) is 0.773. The zero-order valence-electron chi connectivity index (χ0n) is 15.0. The molecule has 0 heterocycles. The van der Waals surface area contributed by atoms with Crippen molar-refractivity contribution in [1.82, 2.24) is 9.80 Å². The summed E-state index contributed by atoms with van der Waals surface area (Å²) in [6, 6.07) is 0. The summed E-state index contributed by atoms with van der Waals surface area (Å²) in [6.07, 6.45) is 0.0412. The van der Waals surface area contributed by atoms with Crippen LogP contribution in [0.4, 0.5) is 0 Å². The molecule has 0 aromatic carbocycles. The van der Waals surface area contributed by atoms with Crippen LogP contribution in [0.3, 0.4) is 0 Å². The number of aliphatic hydroxyl groups excluding tert-OH is 2. The third kappa shape index (κ3) is 7.85. The number of ether oxygens (including phenoxy) is 2. The van der Waals surface area contributed by atoms with Gasteiger partial charge in [0.1, 0.15) is 6.10 Å². The highest BCUT2D eigenvalue weighted by Crippen LogP contribution is 2.25. The molecule has 0 fully saturated rings. The van der Waals surface area contributed by atoms with Crippen molar-refractivity contribution < 1.29 is 19.7 Å². The molecule has 0 aliphatic heterocycles. The minimum absolute atomic E-state index is 0.0791. The zero-order valence-corrected chi connectivity index (χ0v) is 15.0. The molecule has 2 unspecified atom stereocenters. The minimum Gasteiger partial charge on any atom is -0.396 e. The Kier molecular flexibility index (Phi) is 12.1.